The summed E-state index contributed by atoms with van der Waals surface area (Å²) >= 11 is 0. The van der Waals surface area contributed by atoms with Gasteiger partial charge in [0.15, 0.2) is 0 Å². The van der Waals surface area contributed by atoms with Crippen molar-refractivity contribution < 1.29 is 10.0 Å². The summed E-state index contributed by atoms with van der Waals surface area (Å²) in [6.45, 7) is 3.20. The standard InChI is InChI=1S/C13H20N4O3/c1-2-5-14-12-8-11(17(19)20)9-13(15-12)16(6-7-18)10-3-4-10/h8-10,18H,2-7H2,1H3,(H,14,15). The zero-order chi connectivity index (χ0) is 14.5. The Balaban J connectivity index is 2.29. The second kappa shape index (κ2) is 6.51. The van der Waals surface area contributed by atoms with Crippen LogP contribution >= 0.6 is 0 Å². The molecule has 2 N–H and O–H groups in total. The number of pyridine rings is 1. The Bertz CT molecular complexity index is 477. The van der Waals surface area contributed by atoms with Crippen LogP contribution in [0.15, 0.2) is 12.1 Å². The highest BCUT2D eigenvalue weighted by Gasteiger charge is 2.30. The van der Waals surface area contributed by atoms with Crippen molar-refractivity contribution in [2.75, 3.05) is 29.9 Å². The van der Waals surface area contributed by atoms with Crippen molar-refractivity contribution in [1.82, 2.24) is 4.98 Å². The second-order valence-electron chi connectivity index (χ2n) is 4.90. The minimum Gasteiger partial charge on any atom is -0.395 e. The summed E-state index contributed by atoms with van der Waals surface area (Å²) in [4.78, 5) is 17.0. The van der Waals surface area contributed by atoms with Gasteiger partial charge in [-0.25, -0.2) is 4.98 Å². The molecular weight excluding hydrogens is 260 g/mol. The Morgan fingerprint density at radius 1 is 1.55 bits per heavy atom. The first kappa shape index (κ1) is 14.5. The molecule has 20 heavy (non-hydrogen) atoms. The van der Waals surface area contributed by atoms with Gasteiger partial charge >= 0.3 is 0 Å². The van der Waals surface area contributed by atoms with Gasteiger partial charge in [-0.15, -0.1) is 0 Å². The molecule has 0 unspecified atom stereocenters. The van der Waals surface area contributed by atoms with Crippen molar-refractivity contribution in [3.05, 3.63) is 22.2 Å². The van der Waals surface area contributed by atoms with Crippen molar-refractivity contribution in [3.8, 4) is 0 Å². The first-order chi connectivity index (χ1) is 9.65. The van der Waals surface area contributed by atoms with Crippen molar-refractivity contribution >= 4 is 17.3 Å². The summed E-state index contributed by atoms with van der Waals surface area (Å²) in [6, 6.07) is 3.27. The fourth-order valence-corrected chi connectivity index (χ4v) is 2.08. The number of nitrogens with one attached hydrogen (secondary N) is 1. The molecule has 110 valence electrons. The van der Waals surface area contributed by atoms with Crippen LogP contribution in [-0.2, 0) is 0 Å². The fourth-order valence-electron chi connectivity index (χ4n) is 2.08. The molecule has 2 rings (SSSR count). The summed E-state index contributed by atoms with van der Waals surface area (Å²) < 4.78 is 0. The minimum atomic E-state index is -0.410. The zero-order valence-corrected chi connectivity index (χ0v) is 11.6. The first-order valence-corrected chi connectivity index (χ1v) is 6.93. The lowest BCUT2D eigenvalue weighted by Gasteiger charge is -2.22. The quantitative estimate of drug-likeness (QED) is 0.557. The van der Waals surface area contributed by atoms with E-state index in [-0.39, 0.29) is 12.3 Å². The van der Waals surface area contributed by atoms with Gasteiger partial charge in [0.1, 0.15) is 11.6 Å². The highest BCUT2D eigenvalue weighted by Crippen LogP contribution is 2.32. The molecule has 0 amide bonds. The van der Waals surface area contributed by atoms with E-state index in [1.807, 2.05) is 11.8 Å². The molecule has 1 aliphatic rings. The minimum absolute atomic E-state index is 0.0125. The zero-order valence-electron chi connectivity index (χ0n) is 11.6. The van der Waals surface area contributed by atoms with E-state index in [9.17, 15) is 10.1 Å². The molecule has 1 aromatic rings. The third-order valence-corrected chi connectivity index (χ3v) is 3.19. The summed E-state index contributed by atoms with van der Waals surface area (Å²) in [6.07, 6.45) is 3.01. The van der Waals surface area contributed by atoms with Gasteiger partial charge in [0.05, 0.1) is 23.7 Å². The van der Waals surface area contributed by atoms with Gasteiger partial charge in [0, 0.05) is 19.1 Å². The molecule has 1 fully saturated rings. The van der Waals surface area contributed by atoms with Crippen LogP contribution in [0, 0.1) is 10.1 Å². The topological polar surface area (TPSA) is 91.5 Å². The Hall–Kier alpha value is -1.89. The number of rotatable bonds is 8. The average Bonchev–Trinajstić information content (AvgIpc) is 3.26. The Morgan fingerprint density at radius 2 is 2.30 bits per heavy atom. The maximum absolute atomic E-state index is 11.0. The SMILES string of the molecule is CCCNc1cc([N+](=O)[O-])cc(N(CCO)C2CC2)n1. The van der Waals surface area contributed by atoms with Gasteiger partial charge in [-0.3, -0.25) is 10.1 Å². The van der Waals surface area contributed by atoms with Crippen LogP contribution in [0.4, 0.5) is 17.3 Å². The third-order valence-electron chi connectivity index (χ3n) is 3.19. The highest BCUT2D eigenvalue weighted by atomic mass is 16.6. The number of nitrogens with zero attached hydrogens (tertiary/aromatic N) is 3. The van der Waals surface area contributed by atoms with E-state index in [2.05, 4.69) is 10.3 Å². The third kappa shape index (κ3) is 3.57. The van der Waals surface area contributed by atoms with E-state index in [0.717, 1.165) is 25.8 Å². The second-order valence-corrected chi connectivity index (χ2v) is 4.90. The average molecular weight is 280 g/mol. The molecule has 0 aromatic carbocycles. The molecule has 1 aromatic heterocycles. The van der Waals surface area contributed by atoms with E-state index in [4.69, 9.17) is 5.11 Å². The van der Waals surface area contributed by atoms with E-state index < -0.39 is 4.92 Å². The largest absolute Gasteiger partial charge is 0.395 e. The number of hydrogen-bond acceptors (Lipinski definition) is 6. The van der Waals surface area contributed by atoms with Gasteiger partial charge in [-0.05, 0) is 19.3 Å². The lowest BCUT2D eigenvalue weighted by Crippen LogP contribution is -2.30. The molecule has 0 atom stereocenters. The van der Waals surface area contributed by atoms with E-state index >= 15 is 0 Å². The van der Waals surface area contributed by atoms with Crippen LogP contribution < -0.4 is 10.2 Å². The molecule has 7 nitrogen and oxygen atoms in total. The molecule has 7 heteroatoms. The Labute approximate surface area is 117 Å². The van der Waals surface area contributed by atoms with Gasteiger partial charge < -0.3 is 15.3 Å². The monoisotopic (exact) mass is 280 g/mol. The van der Waals surface area contributed by atoms with Crippen LogP contribution in [0.25, 0.3) is 0 Å². The number of aliphatic hydroxyl groups excluding tert-OH is 1. The molecule has 0 saturated heterocycles. The van der Waals surface area contributed by atoms with Gasteiger partial charge in [-0.1, -0.05) is 6.92 Å². The lowest BCUT2D eigenvalue weighted by molar-refractivity contribution is -0.384. The van der Waals surface area contributed by atoms with Crippen LogP contribution in [-0.4, -0.2) is 40.8 Å². The fraction of sp³-hybridized carbons (Fsp3) is 0.615. The van der Waals surface area contributed by atoms with Crippen LogP contribution in [0.1, 0.15) is 26.2 Å². The Kier molecular flexibility index (Phi) is 4.73. The molecule has 0 spiro atoms. The maximum atomic E-state index is 11.0. The van der Waals surface area contributed by atoms with Crippen LogP contribution in [0.2, 0.25) is 0 Å². The van der Waals surface area contributed by atoms with Gasteiger partial charge in [-0.2, -0.15) is 0 Å². The number of hydrogen-bond donors (Lipinski definition) is 2. The predicted octanol–water partition coefficient (Wildman–Crippen LogP) is 1.77. The number of aromatic nitrogens is 1. The van der Waals surface area contributed by atoms with Crippen molar-refractivity contribution in [3.63, 3.8) is 0 Å². The normalized spacial score (nSPS) is 14.1. The van der Waals surface area contributed by atoms with E-state index in [0.29, 0.717) is 24.2 Å². The van der Waals surface area contributed by atoms with Crippen LogP contribution in [0.3, 0.4) is 0 Å². The molecule has 1 aliphatic carbocycles. The highest BCUT2D eigenvalue weighted by molar-refractivity contribution is 5.56. The summed E-state index contributed by atoms with van der Waals surface area (Å²) in [7, 11) is 0. The van der Waals surface area contributed by atoms with Gasteiger partial charge in [0.2, 0.25) is 0 Å². The molecule has 0 bridgehead atoms. The molecule has 1 saturated carbocycles. The van der Waals surface area contributed by atoms with Crippen molar-refractivity contribution in [2.24, 2.45) is 0 Å². The molecular formula is C13H20N4O3. The number of anilines is 2. The van der Waals surface area contributed by atoms with Gasteiger partial charge in [0.25, 0.3) is 5.69 Å². The number of aliphatic hydroxyl groups is 1. The maximum Gasteiger partial charge on any atom is 0.276 e. The van der Waals surface area contributed by atoms with Crippen molar-refractivity contribution in [1.29, 1.82) is 0 Å². The summed E-state index contributed by atoms with van der Waals surface area (Å²) in [5.41, 5.74) is 0.0252. The smallest absolute Gasteiger partial charge is 0.276 e. The van der Waals surface area contributed by atoms with E-state index in [1.54, 1.807) is 0 Å². The molecule has 0 aliphatic heterocycles. The molecule has 1 heterocycles. The lowest BCUT2D eigenvalue weighted by atomic mass is 10.3. The Morgan fingerprint density at radius 3 is 2.85 bits per heavy atom. The number of nitro groups is 1. The first-order valence-electron chi connectivity index (χ1n) is 6.93. The van der Waals surface area contributed by atoms with E-state index in [1.165, 1.54) is 12.1 Å². The summed E-state index contributed by atoms with van der Waals surface area (Å²) in [5, 5.41) is 23.3. The van der Waals surface area contributed by atoms with Crippen LogP contribution in [0.5, 0.6) is 0 Å². The predicted molar refractivity (Wildman–Crippen MR) is 77.1 cm³/mol. The van der Waals surface area contributed by atoms with Crippen molar-refractivity contribution in [2.45, 2.75) is 32.2 Å². The molecule has 0 radical (unpaired) electrons. The summed E-state index contributed by atoms with van der Waals surface area (Å²) in [5.74, 6) is 1.08.